The van der Waals surface area contributed by atoms with Crippen LogP contribution in [0.25, 0.3) is 0 Å². The topological polar surface area (TPSA) is 94.7 Å². The summed E-state index contributed by atoms with van der Waals surface area (Å²) in [5.74, 6) is 0.108. The Morgan fingerprint density at radius 1 is 1.24 bits per heavy atom. The van der Waals surface area contributed by atoms with Gasteiger partial charge in [0.2, 0.25) is 0 Å². The van der Waals surface area contributed by atoms with Crippen LogP contribution < -0.4 is 10.6 Å². The zero-order valence-electron chi connectivity index (χ0n) is 12.0. The van der Waals surface area contributed by atoms with Gasteiger partial charge in [-0.3, -0.25) is 0 Å². The quantitative estimate of drug-likeness (QED) is 0.839. The first-order valence-corrected chi connectivity index (χ1v) is 9.10. The minimum Gasteiger partial charge on any atom is -0.382 e. The lowest BCUT2D eigenvalue weighted by molar-refractivity contribution is -0.00461. The van der Waals surface area contributed by atoms with Gasteiger partial charge in [0.1, 0.15) is 22.1 Å². The van der Waals surface area contributed by atoms with E-state index >= 15 is 0 Å². The number of methoxy groups -OCH3 is 2. The van der Waals surface area contributed by atoms with E-state index in [0.717, 1.165) is 11.5 Å². The van der Waals surface area contributed by atoms with Gasteiger partial charge in [0.05, 0.1) is 5.25 Å². The molecule has 2 aliphatic rings. The number of ether oxygens (including phenoxy) is 2. The van der Waals surface area contributed by atoms with Crippen molar-refractivity contribution in [1.82, 2.24) is 4.37 Å². The molecular weight excluding hydrogens is 314 g/mol. The van der Waals surface area contributed by atoms with Crippen LogP contribution in [0.15, 0.2) is 4.90 Å². The highest BCUT2D eigenvalue weighted by Gasteiger charge is 2.43. The fraction of sp³-hybridized carbons (Fsp3) is 0.750. The molecule has 9 heteroatoms. The molecule has 2 N–H and O–H groups in total. The number of aromatic nitrogens is 1. The van der Waals surface area contributed by atoms with E-state index in [1.165, 1.54) is 0 Å². The molecule has 1 aliphatic heterocycles. The van der Waals surface area contributed by atoms with Crippen molar-refractivity contribution in [2.45, 2.75) is 35.2 Å². The molecule has 1 aliphatic carbocycles. The smallest absolute Gasteiger partial charge is 0.187 e. The van der Waals surface area contributed by atoms with Gasteiger partial charge in [-0.1, -0.05) is 0 Å². The Balaban J connectivity index is 1.94. The highest BCUT2D eigenvalue weighted by Crippen LogP contribution is 2.43. The van der Waals surface area contributed by atoms with Gasteiger partial charge in [0.15, 0.2) is 15.7 Å². The molecule has 3 rings (SSSR count). The van der Waals surface area contributed by atoms with Gasteiger partial charge in [-0.15, -0.1) is 0 Å². The SMILES string of the molecule is COC1CN(c2snc(N)c2S(=O)(=O)C2CC2)CC1OC. The average molecular weight is 333 g/mol. The third kappa shape index (κ3) is 2.52. The number of nitrogen functional groups attached to an aromatic ring is 1. The summed E-state index contributed by atoms with van der Waals surface area (Å²) in [7, 11) is -0.114. The van der Waals surface area contributed by atoms with Gasteiger partial charge in [-0.25, -0.2) is 8.42 Å². The minimum absolute atomic E-state index is 0.0881. The summed E-state index contributed by atoms with van der Waals surface area (Å²) in [4.78, 5) is 2.15. The van der Waals surface area contributed by atoms with Crippen molar-refractivity contribution in [2.24, 2.45) is 0 Å². The van der Waals surface area contributed by atoms with Crippen LogP contribution in [-0.4, -0.2) is 57.6 Å². The molecule has 7 nitrogen and oxygen atoms in total. The third-order valence-corrected chi connectivity index (χ3v) is 7.39. The van der Waals surface area contributed by atoms with E-state index in [1.54, 1.807) is 14.2 Å². The van der Waals surface area contributed by atoms with Crippen molar-refractivity contribution < 1.29 is 17.9 Å². The summed E-state index contributed by atoms with van der Waals surface area (Å²) in [6, 6.07) is 0. The molecule has 2 fully saturated rings. The Morgan fingerprint density at radius 3 is 2.29 bits per heavy atom. The number of nitrogens with two attached hydrogens (primary N) is 1. The monoisotopic (exact) mass is 333 g/mol. The van der Waals surface area contributed by atoms with E-state index in [9.17, 15) is 8.42 Å². The molecule has 0 spiro atoms. The fourth-order valence-corrected chi connectivity index (χ4v) is 5.71. The molecule has 118 valence electrons. The first kappa shape index (κ1) is 15.0. The van der Waals surface area contributed by atoms with Crippen LogP contribution in [0.5, 0.6) is 0 Å². The van der Waals surface area contributed by atoms with Crippen LogP contribution in [0.2, 0.25) is 0 Å². The van der Waals surface area contributed by atoms with E-state index in [0.29, 0.717) is 30.9 Å². The number of hydrogen-bond acceptors (Lipinski definition) is 8. The maximum absolute atomic E-state index is 12.6. The van der Waals surface area contributed by atoms with E-state index in [2.05, 4.69) is 4.37 Å². The van der Waals surface area contributed by atoms with Crippen molar-refractivity contribution >= 4 is 32.2 Å². The zero-order chi connectivity index (χ0) is 15.2. The predicted molar refractivity (Wildman–Crippen MR) is 80.5 cm³/mol. The molecular formula is C12H19N3O4S2. The van der Waals surface area contributed by atoms with Crippen molar-refractivity contribution in [3.63, 3.8) is 0 Å². The molecule has 1 aromatic heterocycles. The predicted octanol–water partition coefficient (Wildman–Crippen LogP) is 0.511. The first-order valence-electron chi connectivity index (χ1n) is 6.78. The molecule has 0 aromatic carbocycles. The largest absolute Gasteiger partial charge is 0.382 e. The molecule has 0 radical (unpaired) electrons. The maximum Gasteiger partial charge on any atom is 0.187 e. The van der Waals surface area contributed by atoms with Crippen LogP contribution in [0.3, 0.4) is 0 Å². The Hall–Kier alpha value is -0.900. The molecule has 0 amide bonds. The fourth-order valence-electron chi connectivity index (χ4n) is 2.66. The van der Waals surface area contributed by atoms with Crippen molar-refractivity contribution in [2.75, 3.05) is 37.9 Å². The number of nitrogens with zero attached hydrogens (tertiary/aromatic N) is 2. The molecule has 2 heterocycles. The Bertz CT molecular complexity index is 614. The zero-order valence-corrected chi connectivity index (χ0v) is 13.6. The van der Waals surface area contributed by atoms with Gasteiger partial charge in [0.25, 0.3) is 0 Å². The third-order valence-electron chi connectivity index (χ3n) is 4.01. The van der Waals surface area contributed by atoms with Gasteiger partial charge >= 0.3 is 0 Å². The van der Waals surface area contributed by atoms with E-state index in [4.69, 9.17) is 15.2 Å². The minimum atomic E-state index is -3.37. The Morgan fingerprint density at radius 2 is 1.81 bits per heavy atom. The first-order chi connectivity index (χ1) is 9.98. The lowest BCUT2D eigenvalue weighted by Gasteiger charge is -2.17. The normalized spacial score (nSPS) is 26.5. The number of hydrogen-bond donors (Lipinski definition) is 1. The second-order valence-electron chi connectivity index (χ2n) is 5.40. The second kappa shape index (κ2) is 5.38. The lowest BCUT2D eigenvalue weighted by Crippen LogP contribution is -2.27. The van der Waals surface area contributed by atoms with E-state index in [-0.39, 0.29) is 28.2 Å². The Kier molecular flexibility index (Phi) is 3.85. The van der Waals surface area contributed by atoms with Crippen molar-refractivity contribution in [3.05, 3.63) is 0 Å². The second-order valence-corrected chi connectivity index (χ2v) is 8.32. The summed E-state index contributed by atoms with van der Waals surface area (Å²) in [6.45, 7) is 1.15. The van der Waals surface area contributed by atoms with Gasteiger partial charge < -0.3 is 20.1 Å². The van der Waals surface area contributed by atoms with E-state index < -0.39 is 9.84 Å². The summed E-state index contributed by atoms with van der Waals surface area (Å²) in [6.07, 6.45) is 1.24. The lowest BCUT2D eigenvalue weighted by atomic mass is 10.3. The van der Waals surface area contributed by atoms with Crippen LogP contribution in [0.1, 0.15) is 12.8 Å². The van der Waals surface area contributed by atoms with Crippen molar-refractivity contribution in [1.29, 1.82) is 0 Å². The Labute approximate surface area is 128 Å². The number of rotatable bonds is 5. The molecule has 0 bridgehead atoms. The highest BCUT2D eigenvalue weighted by molar-refractivity contribution is 7.92. The average Bonchev–Trinajstić information content (AvgIpc) is 3.13. The molecule has 1 saturated heterocycles. The molecule has 1 saturated carbocycles. The number of sulfone groups is 1. The van der Waals surface area contributed by atoms with Crippen LogP contribution in [0.4, 0.5) is 10.8 Å². The van der Waals surface area contributed by atoms with Crippen LogP contribution in [0, 0.1) is 0 Å². The van der Waals surface area contributed by atoms with Crippen LogP contribution in [-0.2, 0) is 19.3 Å². The summed E-state index contributed by atoms with van der Waals surface area (Å²) in [5.41, 5.74) is 5.83. The number of anilines is 2. The highest BCUT2D eigenvalue weighted by atomic mass is 32.2. The van der Waals surface area contributed by atoms with Gasteiger partial charge in [-0.2, -0.15) is 4.37 Å². The molecule has 21 heavy (non-hydrogen) atoms. The summed E-state index contributed by atoms with van der Waals surface area (Å²) < 4.78 is 40.0. The van der Waals surface area contributed by atoms with Gasteiger partial charge in [0, 0.05) is 27.3 Å². The van der Waals surface area contributed by atoms with Gasteiger partial charge in [-0.05, 0) is 24.4 Å². The summed E-state index contributed by atoms with van der Waals surface area (Å²) in [5, 5.41) is 0.315. The summed E-state index contributed by atoms with van der Waals surface area (Å²) >= 11 is 1.13. The van der Waals surface area contributed by atoms with Crippen LogP contribution >= 0.6 is 11.5 Å². The van der Waals surface area contributed by atoms with E-state index in [1.807, 2.05) is 4.90 Å². The van der Waals surface area contributed by atoms with Crippen molar-refractivity contribution in [3.8, 4) is 0 Å². The molecule has 1 aromatic rings. The molecule has 2 atom stereocenters. The standard InChI is InChI=1S/C12H19N3O4S2/c1-18-8-5-15(6-9(8)19-2)12-10(11(13)14-20-12)21(16,17)7-3-4-7/h7-9H,3-6H2,1-2H3,(H2,13,14). The molecule has 2 unspecified atom stereocenters. The maximum atomic E-state index is 12.6.